The van der Waals surface area contributed by atoms with E-state index in [9.17, 15) is 9.59 Å². The highest BCUT2D eigenvalue weighted by Crippen LogP contribution is 2.27. The molecule has 0 fully saturated rings. The number of anilines is 2. The first-order chi connectivity index (χ1) is 10.9. The number of carbonyl (C=O) groups excluding carboxylic acids is 2. The number of aryl methyl sites for hydroxylation is 1. The number of para-hydroxylation sites is 1. The quantitative estimate of drug-likeness (QED) is 0.883. The van der Waals surface area contributed by atoms with Crippen LogP contribution in [0.15, 0.2) is 42.5 Å². The number of rotatable bonds is 4. The van der Waals surface area contributed by atoms with Gasteiger partial charge in [-0.05, 0) is 48.2 Å². The Morgan fingerprint density at radius 1 is 0.957 bits per heavy atom. The fourth-order valence-corrected chi connectivity index (χ4v) is 2.44. The monoisotopic (exact) mass is 310 g/mol. The van der Waals surface area contributed by atoms with Crippen LogP contribution in [0.2, 0.25) is 0 Å². The molecule has 0 aliphatic carbocycles. The topological polar surface area (TPSA) is 58.2 Å². The van der Waals surface area contributed by atoms with Crippen LogP contribution in [0.5, 0.6) is 0 Å². The third kappa shape index (κ3) is 4.19. The van der Waals surface area contributed by atoms with Gasteiger partial charge in [0, 0.05) is 23.9 Å². The predicted molar refractivity (Wildman–Crippen MR) is 94.0 cm³/mol. The van der Waals surface area contributed by atoms with Gasteiger partial charge in [0.05, 0.1) is 0 Å². The SMILES string of the molecule is CC(=O)Nc1ccc(C(=O)Nc2c(C)cccc2C(C)C)cc1. The van der Waals surface area contributed by atoms with Crippen LogP contribution in [-0.2, 0) is 4.79 Å². The summed E-state index contributed by atoms with van der Waals surface area (Å²) in [6.45, 7) is 7.65. The molecule has 0 saturated carbocycles. The Kier molecular flexibility index (Phi) is 5.16. The van der Waals surface area contributed by atoms with Crippen LogP contribution in [0.4, 0.5) is 11.4 Å². The molecule has 4 heteroatoms. The van der Waals surface area contributed by atoms with Gasteiger partial charge < -0.3 is 10.6 Å². The third-order valence-corrected chi connectivity index (χ3v) is 3.63. The van der Waals surface area contributed by atoms with Crippen LogP contribution in [0.3, 0.4) is 0 Å². The molecule has 0 heterocycles. The van der Waals surface area contributed by atoms with Crippen molar-refractivity contribution in [1.82, 2.24) is 0 Å². The molecule has 2 amide bonds. The first-order valence-electron chi connectivity index (χ1n) is 7.67. The molecule has 0 atom stereocenters. The van der Waals surface area contributed by atoms with Gasteiger partial charge in [-0.2, -0.15) is 0 Å². The molecular weight excluding hydrogens is 288 g/mol. The Bertz CT molecular complexity index is 719. The molecule has 0 spiro atoms. The Morgan fingerprint density at radius 3 is 2.17 bits per heavy atom. The van der Waals surface area contributed by atoms with E-state index in [4.69, 9.17) is 0 Å². The fourth-order valence-electron chi connectivity index (χ4n) is 2.44. The summed E-state index contributed by atoms with van der Waals surface area (Å²) in [6, 6.07) is 12.9. The average Bonchev–Trinajstić information content (AvgIpc) is 2.49. The van der Waals surface area contributed by atoms with E-state index in [1.54, 1.807) is 24.3 Å². The van der Waals surface area contributed by atoms with Crippen LogP contribution < -0.4 is 10.6 Å². The summed E-state index contributed by atoms with van der Waals surface area (Å²) in [7, 11) is 0. The number of nitrogens with one attached hydrogen (secondary N) is 2. The van der Waals surface area contributed by atoms with Crippen molar-refractivity contribution >= 4 is 23.2 Å². The fraction of sp³-hybridized carbons (Fsp3) is 0.263. The maximum atomic E-state index is 12.5. The minimum absolute atomic E-state index is 0.135. The van der Waals surface area contributed by atoms with E-state index in [1.165, 1.54) is 6.92 Å². The first-order valence-corrected chi connectivity index (χ1v) is 7.67. The molecule has 23 heavy (non-hydrogen) atoms. The summed E-state index contributed by atoms with van der Waals surface area (Å²) in [4.78, 5) is 23.5. The van der Waals surface area contributed by atoms with Crippen molar-refractivity contribution in [3.05, 3.63) is 59.2 Å². The molecule has 0 aromatic heterocycles. The molecule has 0 unspecified atom stereocenters. The zero-order valence-electron chi connectivity index (χ0n) is 13.9. The Morgan fingerprint density at radius 2 is 1.61 bits per heavy atom. The minimum atomic E-state index is -0.157. The van der Waals surface area contributed by atoms with Crippen LogP contribution >= 0.6 is 0 Å². The Labute approximate surface area is 136 Å². The number of amides is 2. The highest BCUT2D eigenvalue weighted by molar-refractivity contribution is 6.05. The van der Waals surface area contributed by atoms with Crippen molar-refractivity contribution in [2.45, 2.75) is 33.6 Å². The van der Waals surface area contributed by atoms with E-state index in [1.807, 2.05) is 25.1 Å². The molecule has 0 saturated heterocycles. The van der Waals surface area contributed by atoms with E-state index in [0.29, 0.717) is 17.2 Å². The number of benzene rings is 2. The van der Waals surface area contributed by atoms with Crippen molar-refractivity contribution in [1.29, 1.82) is 0 Å². The van der Waals surface area contributed by atoms with E-state index in [2.05, 4.69) is 24.5 Å². The van der Waals surface area contributed by atoms with Crippen LogP contribution in [0, 0.1) is 6.92 Å². The van der Waals surface area contributed by atoms with E-state index in [0.717, 1.165) is 16.8 Å². The van der Waals surface area contributed by atoms with Crippen molar-refractivity contribution < 1.29 is 9.59 Å². The lowest BCUT2D eigenvalue weighted by Crippen LogP contribution is -2.15. The lowest BCUT2D eigenvalue weighted by molar-refractivity contribution is -0.114. The predicted octanol–water partition coefficient (Wildman–Crippen LogP) is 4.33. The summed E-state index contributed by atoms with van der Waals surface area (Å²) in [5.74, 6) is 0.0339. The van der Waals surface area contributed by atoms with Crippen LogP contribution in [-0.4, -0.2) is 11.8 Å². The van der Waals surface area contributed by atoms with Gasteiger partial charge >= 0.3 is 0 Å². The summed E-state index contributed by atoms with van der Waals surface area (Å²) in [5.41, 5.74) is 4.26. The van der Waals surface area contributed by atoms with E-state index in [-0.39, 0.29) is 11.8 Å². The largest absolute Gasteiger partial charge is 0.326 e. The highest BCUT2D eigenvalue weighted by Gasteiger charge is 2.13. The molecule has 4 nitrogen and oxygen atoms in total. The minimum Gasteiger partial charge on any atom is -0.326 e. The highest BCUT2D eigenvalue weighted by atomic mass is 16.2. The Hall–Kier alpha value is -2.62. The number of hydrogen-bond donors (Lipinski definition) is 2. The summed E-state index contributed by atoms with van der Waals surface area (Å²) >= 11 is 0. The number of hydrogen-bond acceptors (Lipinski definition) is 2. The first kappa shape index (κ1) is 16.7. The molecule has 2 rings (SSSR count). The van der Waals surface area contributed by atoms with Crippen LogP contribution in [0.25, 0.3) is 0 Å². The summed E-state index contributed by atoms with van der Waals surface area (Å²) in [6.07, 6.45) is 0. The molecule has 0 aliphatic heterocycles. The Balaban J connectivity index is 2.21. The lowest BCUT2D eigenvalue weighted by Gasteiger charge is -2.16. The maximum absolute atomic E-state index is 12.5. The van der Waals surface area contributed by atoms with Crippen molar-refractivity contribution in [2.24, 2.45) is 0 Å². The maximum Gasteiger partial charge on any atom is 0.255 e. The molecule has 0 radical (unpaired) electrons. The van der Waals surface area contributed by atoms with E-state index >= 15 is 0 Å². The van der Waals surface area contributed by atoms with Crippen molar-refractivity contribution in [3.63, 3.8) is 0 Å². The van der Waals surface area contributed by atoms with Crippen LogP contribution in [0.1, 0.15) is 48.2 Å². The second-order valence-electron chi connectivity index (χ2n) is 5.91. The molecular formula is C19H22N2O2. The molecule has 2 N–H and O–H groups in total. The molecule has 120 valence electrons. The molecule has 2 aromatic rings. The zero-order chi connectivity index (χ0) is 17.0. The van der Waals surface area contributed by atoms with Gasteiger partial charge in [-0.1, -0.05) is 32.0 Å². The third-order valence-electron chi connectivity index (χ3n) is 3.63. The van der Waals surface area contributed by atoms with Gasteiger partial charge in [-0.15, -0.1) is 0 Å². The van der Waals surface area contributed by atoms with Gasteiger partial charge in [-0.25, -0.2) is 0 Å². The molecule has 0 aliphatic rings. The second kappa shape index (κ2) is 7.09. The lowest BCUT2D eigenvalue weighted by atomic mass is 9.98. The zero-order valence-corrected chi connectivity index (χ0v) is 13.9. The standard InChI is InChI=1S/C19H22N2O2/c1-12(2)17-7-5-6-13(3)18(17)21-19(23)15-8-10-16(11-9-15)20-14(4)22/h5-12H,1-4H3,(H,20,22)(H,21,23). The van der Waals surface area contributed by atoms with Crippen molar-refractivity contribution in [2.75, 3.05) is 10.6 Å². The number of carbonyl (C=O) groups is 2. The van der Waals surface area contributed by atoms with E-state index < -0.39 is 0 Å². The van der Waals surface area contributed by atoms with Crippen molar-refractivity contribution in [3.8, 4) is 0 Å². The van der Waals surface area contributed by atoms with Gasteiger partial charge in [-0.3, -0.25) is 9.59 Å². The summed E-state index contributed by atoms with van der Waals surface area (Å²) < 4.78 is 0. The normalized spacial score (nSPS) is 10.5. The second-order valence-corrected chi connectivity index (χ2v) is 5.91. The smallest absolute Gasteiger partial charge is 0.255 e. The van der Waals surface area contributed by atoms with Gasteiger partial charge in [0.1, 0.15) is 0 Å². The summed E-state index contributed by atoms with van der Waals surface area (Å²) in [5, 5.41) is 5.69. The van der Waals surface area contributed by atoms with Gasteiger partial charge in [0.15, 0.2) is 0 Å². The van der Waals surface area contributed by atoms with Gasteiger partial charge in [0.25, 0.3) is 5.91 Å². The molecule has 0 bridgehead atoms. The van der Waals surface area contributed by atoms with Gasteiger partial charge in [0.2, 0.25) is 5.91 Å². The molecule has 2 aromatic carbocycles. The average molecular weight is 310 g/mol.